The molecule has 0 aliphatic heterocycles. The highest BCUT2D eigenvalue weighted by Crippen LogP contribution is 2.12. The summed E-state index contributed by atoms with van der Waals surface area (Å²) < 4.78 is 31.4. The highest BCUT2D eigenvalue weighted by molar-refractivity contribution is 5.97. The zero-order valence-corrected chi connectivity index (χ0v) is 11.7. The predicted octanol–water partition coefficient (Wildman–Crippen LogP) is 3.15. The number of nitrogens with one attached hydrogen (secondary N) is 1. The Kier molecular flexibility index (Phi) is 4.83. The number of hydrogen-bond acceptors (Lipinski definition) is 3. The van der Waals surface area contributed by atoms with Crippen LogP contribution < -0.4 is 5.32 Å². The summed E-state index contributed by atoms with van der Waals surface area (Å²) in [5.74, 6) is -2.82. The molecule has 114 valence electrons. The molecule has 1 N–H and O–H groups in total. The van der Waals surface area contributed by atoms with Gasteiger partial charge in [0.05, 0.1) is 5.56 Å². The SMILES string of the molecule is C[C@@H](OC(=O)c1ccccc1F)C(=O)Nc1cccc(F)c1. The van der Waals surface area contributed by atoms with Crippen molar-refractivity contribution in [3.63, 3.8) is 0 Å². The molecule has 0 spiro atoms. The van der Waals surface area contributed by atoms with Crippen LogP contribution in [0.15, 0.2) is 48.5 Å². The third-order valence-corrected chi connectivity index (χ3v) is 2.84. The highest BCUT2D eigenvalue weighted by Gasteiger charge is 2.21. The Morgan fingerprint density at radius 3 is 2.50 bits per heavy atom. The van der Waals surface area contributed by atoms with Crippen molar-refractivity contribution >= 4 is 17.6 Å². The molecule has 0 aromatic heterocycles. The van der Waals surface area contributed by atoms with Gasteiger partial charge >= 0.3 is 5.97 Å². The summed E-state index contributed by atoms with van der Waals surface area (Å²) in [6, 6.07) is 10.6. The molecule has 0 fully saturated rings. The molecule has 2 rings (SSSR count). The first-order chi connectivity index (χ1) is 10.5. The molecular weight excluding hydrogens is 292 g/mol. The Bertz CT molecular complexity index is 703. The maximum Gasteiger partial charge on any atom is 0.341 e. The molecule has 0 heterocycles. The average molecular weight is 305 g/mol. The lowest BCUT2D eigenvalue weighted by Gasteiger charge is -2.13. The van der Waals surface area contributed by atoms with Crippen LogP contribution in [0.3, 0.4) is 0 Å². The van der Waals surface area contributed by atoms with Gasteiger partial charge in [0.15, 0.2) is 6.10 Å². The molecule has 22 heavy (non-hydrogen) atoms. The fourth-order valence-corrected chi connectivity index (χ4v) is 1.71. The van der Waals surface area contributed by atoms with Gasteiger partial charge in [-0.15, -0.1) is 0 Å². The average Bonchev–Trinajstić information content (AvgIpc) is 2.47. The van der Waals surface area contributed by atoms with E-state index < -0.39 is 29.6 Å². The molecule has 4 nitrogen and oxygen atoms in total. The van der Waals surface area contributed by atoms with Crippen LogP contribution in [0, 0.1) is 11.6 Å². The lowest BCUT2D eigenvalue weighted by atomic mass is 10.2. The molecule has 1 atom stereocenters. The summed E-state index contributed by atoms with van der Waals surface area (Å²) >= 11 is 0. The van der Waals surface area contributed by atoms with Crippen LogP contribution in [-0.4, -0.2) is 18.0 Å². The van der Waals surface area contributed by atoms with E-state index in [2.05, 4.69) is 5.32 Å². The number of benzene rings is 2. The van der Waals surface area contributed by atoms with Gasteiger partial charge in [0.1, 0.15) is 11.6 Å². The molecule has 0 bridgehead atoms. The van der Waals surface area contributed by atoms with Crippen LogP contribution in [0.4, 0.5) is 14.5 Å². The minimum absolute atomic E-state index is 0.235. The Hall–Kier alpha value is -2.76. The molecule has 0 aliphatic rings. The van der Waals surface area contributed by atoms with E-state index in [1.807, 2.05) is 0 Å². The molecular formula is C16H13F2NO3. The first-order valence-corrected chi connectivity index (χ1v) is 6.49. The molecule has 2 aromatic rings. The number of amides is 1. The van der Waals surface area contributed by atoms with E-state index in [4.69, 9.17) is 4.74 Å². The van der Waals surface area contributed by atoms with Crippen LogP contribution in [0.1, 0.15) is 17.3 Å². The quantitative estimate of drug-likeness (QED) is 0.883. The van der Waals surface area contributed by atoms with Crippen molar-refractivity contribution in [2.24, 2.45) is 0 Å². The molecule has 2 aromatic carbocycles. The standard InChI is InChI=1S/C16H13F2NO3/c1-10(15(20)19-12-6-4-5-11(17)9-12)22-16(21)13-7-2-3-8-14(13)18/h2-10H,1H3,(H,19,20)/t10-/m1/s1. The second kappa shape index (κ2) is 6.80. The van der Waals surface area contributed by atoms with Gasteiger partial charge in [-0.05, 0) is 37.3 Å². The Morgan fingerprint density at radius 1 is 1.09 bits per heavy atom. The maximum absolute atomic E-state index is 13.4. The van der Waals surface area contributed by atoms with Crippen molar-refractivity contribution in [1.29, 1.82) is 0 Å². The van der Waals surface area contributed by atoms with E-state index in [9.17, 15) is 18.4 Å². The molecule has 0 saturated heterocycles. The molecule has 0 aliphatic carbocycles. The molecule has 1 amide bonds. The van der Waals surface area contributed by atoms with Crippen LogP contribution in [-0.2, 0) is 9.53 Å². The number of ether oxygens (including phenoxy) is 1. The lowest BCUT2D eigenvalue weighted by molar-refractivity contribution is -0.123. The second-order valence-electron chi connectivity index (χ2n) is 4.53. The van der Waals surface area contributed by atoms with Crippen molar-refractivity contribution in [2.45, 2.75) is 13.0 Å². The third kappa shape index (κ3) is 3.88. The fourth-order valence-electron chi connectivity index (χ4n) is 1.71. The van der Waals surface area contributed by atoms with Crippen molar-refractivity contribution in [2.75, 3.05) is 5.32 Å². The number of hydrogen-bond donors (Lipinski definition) is 1. The minimum atomic E-state index is -1.16. The zero-order valence-electron chi connectivity index (χ0n) is 11.7. The topological polar surface area (TPSA) is 55.4 Å². The summed E-state index contributed by atoms with van der Waals surface area (Å²) in [6.45, 7) is 1.34. The largest absolute Gasteiger partial charge is 0.449 e. The number of halogens is 2. The van der Waals surface area contributed by atoms with E-state index in [1.54, 1.807) is 0 Å². The minimum Gasteiger partial charge on any atom is -0.449 e. The number of carbonyl (C=O) groups is 2. The van der Waals surface area contributed by atoms with Gasteiger partial charge in [-0.25, -0.2) is 13.6 Å². The van der Waals surface area contributed by atoms with Crippen molar-refractivity contribution in [1.82, 2.24) is 0 Å². The van der Waals surface area contributed by atoms with Crippen LogP contribution in [0.2, 0.25) is 0 Å². The van der Waals surface area contributed by atoms with Gasteiger partial charge in [0.25, 0.3) is 5.91 Å². The highest BCUT2D eigenvalue weighted by atomic mass is 19.1. The van der Waals surface area contributed by atoms with Gasteiger partial charge in [-0.3, -0.25) is 4.79 Å². The number of rotatable bonds is 4. The summed E-state index contributed by atoms with van der Waals surface area (Å²) in [5, 5.41) is 2.40. The van der Waals surface area contributed by atoms with E-state index in [0.717, 1.165) is 12.1 Å². The monoisotopic (exact) mass is 305 g/mol. The number of anilines is 1. The normalized spacial score (nSPS) is 11.6. The summed E-state index contributed by atoms with van der Waals surface area (Å²) in [7, 11) is 0. The van der Waals surface area contributed by atoms with Crippen LogP contribution in [0.5, 0.6) is 0 Å². The Labute approximate surface area is 125 Å². The Morgan fingerprint density at radius 2 is 1.82 bits per heavy atom. The van der Waals surface area contributed by atoms with Crippen molar-refractivity contribution < 1.29 is 23.1 Å². The van der Waals surface area contributed by atoms with Gasteiger partial charge in [0.2, 0.25) is 0 Å². The van der Waals surface area contributed by atoms with E-state index in [0.29, 0.717) is 0 Å². The Balaban J connectivity index is 1.99. The van der Waals surface area contributed by atoms with Gasteiger partial charge < -0.3 is 10.1 Å². The van der Waals surface area contributed by atoms with Crippen molar-refractivity contribution in [3.05, 3.63) is 65.7 Å². The maximum atomic E-state index is 13.4. The third-order valence-electron chi connectivity index (χ3n) is 2.84. The molecule has 0 saturated carbocycles. The lowest BCUT2D eigenvalue weighted by Crippen LogP contribution is -2.30. The first kappa shape index (κ1) is 15.6. The predicted molar refractivity (Wildman–Crippen MR) is 76.3 cm³/mol. The summed E-state index contributed by atoms with van der Waals surface area (Å²) in [6.07, 6.45) is -1.16. The molecule has 6 heteroatoms. The smallest absolute Gasteiger partial charge is 0.341 e. The van der Waals surface area contributed by atoms with E-state index in [-0.39, 0.29) is 11.3 Å². The van der Waals surface area contributed by atoms with Gasteiger partial charge in [-0.1, -0.05) is 18.2 Å². The van der Waals surface area contributed by atoms with Gasteiger partial charge in [-0.2, -0.15) is 0 Å². The first-order valence-electron chi connectivity index (χ1n) is 6.49. The zero-order chi connectivity index (χ0) is 16.1. The number of carbonyl (C=O) groups excluding carboxylic acids is 2. The second-order valence-corrected chi connectivity index (χ2v) is 4.53. The van der Waals surface area contributed by atoms with Gasteiger partial charge in [0, 0.05) is 5.69 Å². The summed E-state index contributed by atoms with van der Waals surface area (Å²) in [5.41, 5.74) is -0.0216. The van der Waals surface area contributed by atoms with Crippen molar-refractivity contribution in [3.8, 4) is 0 Å². The molecule has 0 unspecified atom stereocenters. The summed E-state index contributed by atoms with van der Waals surface area (Å²) in [4.78, 5) is 23.7. The van der Waals surface area contributed by atoms with E-state index >= 15 is 0 Å². The fraction of sp³-hybridized carbons (Fsp3) is 0.125. The van der Waals surface area contributed by atoms with E-state index in [1.165, 1.54) is 43.3 Å². The molecule has 0 radical (unpaired) electrons. The van der Waals surface area contributed by atoms with Crippen LogP contribution >= 0.6 is 0 Å². The van der Waals surface area contributed by atoms with Crippen LogP contribution in [0.25, 0.3) is 0 Å². The number of esters is 1.